The predicted molar refractivity (Wildman–Crippen MR) is 68.7 cm³/mol. The molecule has 1 aliphatic rings. The van der Waals surface area contributed by atoms with Gasteiger partial charge in [0.1, 0.15) is 12.3 Å². The number of nitrogens with one attached hydrogen (secondary N) is 1. The van der Waals surface area contributed by atoms with Crippen LogP contribution in [0.2, 0.25) is 0 Å². The first kappa shape index (κ1) is 13.8. The van der Waals surface area contributed by atoms with E-state index >= 15 is 0 Å². The third kappa shape index (κ3) is 2.70. The molecule has 0 unspecified atom stereocenters. The molecular formula is C11H18N4O4. The van der Waals surface area contributed by atoms with E-state index < -0.39 is 24.1 Å². The highest BCUT2D eigenvalue weighted by Crippen LogP contribution is 2.28. The topological polar surface area (TPSA) is 123 Å². The molecule has 8 nitrogen and oxygen atoms in total. The molecular weight excluding hydrogens is 252 g/mol. The van der Waals surface area contributed by atoms with Gasteiger partial charge < -0.3 is 26.0 Å². The number of aromatic nitrogens is 2. The Hall–Kier alpha value is -1.64. The van der Waals surface area contributed by atoms with Crippen LogP contribution in [-0.2, 0) is 4.74 Å². The summed E-state index contributed by atoms with van der Waals surface area (Å²) in [5, 5.41) is 21.7. The van der Waals surface area contributed by atoms with Crippen molar-refractivity contribution >= 4 is 11.5 Å². The molecule has 0 amide bonds. The molecule has 1 aliphatic heterocycles. The number of rotatable bonds is 4. The monoisotopic (exact) mass is 270 g/mol. The standard InChI is InChI=1S/C11H18N4O4/c1-2-13-6-4-15(11(18)14-10(6)12)9-3-7(17)8(5-16)19-9/h4,7-9,13,16-17H,2-3,5H2,1H3,(H2,12,14,18)/t7-,8+,9-/m1/s1. The van der Waals surface area contributed by atoms with Gasteiger partial charge in [0, 0.05) is 19.2 Å². The smallest absolute Gasteiger partial charge is 0.351 e. The zero-order chi connectivity index (χ0) is 14.0. The van der Waals surface area contributed by atoms with Gasteiger partial charge in [0.05, 0.1) is 18.4 Å². The molecule has 0 aliphatic carbocycles. The molecule has 1 aromatic rings. The molecule has 2 heterocycles. The number of nitrogens with zero attached hydrogens (tertiary/aromatic N) is 2. The normalized spacial score (nSPS) is 26.6. The van der Waals surface area contributed by atoms with E-state index in [9.17, 15) is 9.90 Å². The molecule has 1 aromatic heterocycles. The van der Waals surface area contributed by atoms with E-state index in [0.717, 1.165) is 0 Å². The quantitative estimate of drug-likeness (QED) is 0.547. The third-order valence-corrected chi connectivity index (χ3v) is 3.04. The summed E-state index contributed by atoms with van der Waals surface area (Å²) >= 11 is 0. The maximum absolute atomic E-state index is 11.8. The first-order chi connectivity index (χ1) is 9.06. The second-order valence-corrected chi connectivity index (χ2v) is 4.37. The van der Waals surface area contributed by atoms with Gasteiger partial charge in [0.2, 0.25) is 0 Å². The first-order valence-electron chi connectivity index (χ1n) is 6.13. The number of nitrogens with two attached hydrogens (primary N) is 1. The van der Waals surface area contributed by atoms with Gasteiger partial charge in [-0.1, -0.05) is 0 Å². The highest BCUT2D eigenvalue weighted by Gasteiger charge is 2.35. The zero-order valence-corrected chi connectivity index (χ0v) is 10.6. The highest BCUT2D eigenvalue weighted by molar-refractivity contribution is 5.59. The van der Waals surface area contributed by atoms with E-state index in [2.05, 4.69) is 10.3 Å². The lowest BCUT2D eigenvalue weighted by atomic mass is 10.2. The van der Waals surface area contributed by atoms with Gasteiger partial charge >= 0.3 is 5.69 Å². The van der Waals surface area contributed by atoms with Crippen molar-refractivity contribution in [2.45, 2.75) is 31.8 Å². The van der Waals surface area contributed by atoms with Crippen molar-refractivity contribution in [1.29, 1.82) is 0 Å². The van der Waals surface area contributed by atoms with Crippen molar-refractivity contribution in [3.63, 3.8) is 0 Å². The van der Waals surface area contributed by atoms with Crippen LogP contribution in [0.15, 0.2) is 11.0 Å². The van der Waals surface area contributed by atoms with E-state index in [1.807, 2.05) is 6.92 Å². The van der Waals surface area contributed by atoms with Crippen LogP contribution in [0.5, 0.6) is 0 Å². The fraction of sp³-hybridized carbons (Fsp3) is 0.636. The zero-order valence-electron chi connectivity index (χ0n) is 10.6. The third-order valence-electron chi connectivity index (χ3n) is 3.04. The molecule has 2 rings (SSSR count). The van der Waals surface area contributed by atoms with Crippen LogP contribution in [-0.4, -0.2) is 45.1 Å². The van der Waals surface area contributed by atoms with Gasteiger partial charge in [-0.2, -0.15) is 4.98 Å². The van der Waals surface area contributed by atoms with E-state index in [0.29, 0.717) is 12.2 Å². The molecule has 1 fully saturated rings. The summed E-state index contributed by atoms with van der Waals surface area (Å²) in [6.45, 7) is 2.24. The Morgan fingerprint density at radius 2 is 2.42 bits per heavy atom. The van der Waals surface area contributed by atoms with Gasteiger partial charge in [-0.3, -0.25) is 4.57 Å². The van der Waals surface area contributed by atoms with Gasteiger partial charge in [-0.25, -0.2) is 4.79 Å². The van der Waals surface area contributed by atoms with Crippen molar-refractivity contribution < 1.29 is 14.9 Å². The Bertz CT molecular complexity index is 504. The average Bonchev–Trinajstić information content (AvgIpc) is 2.74. The minimum absolute atomic E-state index is 0.125. The Kier molecular flexibility index (Phi) is 4.03. The van der Waals surface area contributed by atoms with E-state index in [-0.39, 0.29) is 18.8 Å². The Morgan fingerprint density at radius 3 is 3.00 bits per heavy atom. The molecule has 0 saturated carbocycles. The van der Waals surface area contributed by atoms with Crippen molar-refractivity contribution in [1.82, 2.24) is 9.55 Å². The van der Waals surface area contributed by atoms with Crippen LogP contribution >= 0.6 is 0 Å². The first-order valence-corrected chi connectivity index (χ1v) is 6.13. The second kappa shape index (κ2) is 5.55. The molecule has 0 bridgehead atoms. The fourth-order valence-corrected chi connectivity index (χ4v) is 2.06. The van der Waals surface area contributed by atoms with Crippen LogP contribution in [0.3, 0.4) is 0 Å². The summed E-state index contributed by atoms with van der Waals surface area (Å²) in [5.41, 5.74) is 5.63. The maximum atomic E-state index is 11.8. The lowest BCUT2D eigenvalue weighted by Gasteiger charge is -2.16. The highest BCUT2D eigenvalue weighted by atomic mass is 16.5. The summed E-state index contributed by atoms with van der Waals surface area (Å²) in [6.07, 6.45) is -0.391. The number of nitrogen functional groups attached to an aromatic ring is 1. The predicted octanol–water partition coefficient (Wildman–Crippen LogP) is -1.10. The van der Waals surface area contributed by atoms with Crippen LogP contribution in [0, 0.1) is 0 Å². The molecule has 0 aromatic carbocycles. The molecule has 0 radical (unpaired) electrons. The summed E-state index contributed by atoms with van der Waals surface area (Å²) < 4.78 is 6.69. The largest absolute Gasteiger partial charge is 0.394 e. The summed E-state index contributed by atoms with van der Waals surface area (Å²) in [4.78, 5) is 15.5. The molecule has 19 heavy (non-hydrogen) atoms. The van der Waals surface area contributed by atoms with E-state index in [1.54, 1.807) is 0 Å². The van der Waals surface area contributed by atoms with Gasteiger partial charge in [0.25, 0.3) is 0 Å². The fourth-order valence-electron chi connectivity index (χ4n) is 2.06. The lowest BCUT2D eigenvalue weighted by Crippen LogP contribution is -2.29. The Morgan fingerprint density at radius 1 is 1.68 bits per heavy atom. The van der Waals surface area contributed by atoms with E-state index in [1.165, 1.54) is 10.8 Å². The molecule has 5 N–H and O–H groups in total. The lowest BCUT2D eigenvalue weighted by molar-refractivity contribution is -0.0458. The van der Waals surface area contributed by atoms with Gasteiger partial charge in [-0.05, 0) is 6.92 Å². The summed E-state index contributed by atoms with van der Waals surface area (Å²) in [6, 6.07) is 0. The van der Waals surface area contributed by atoms with Crippen LogP contribution in [0.25, 0.3) is 0 Å². The summed E-state index contributed by atoms with van der Waals surface area (Å²) in [7, 11) is 0. The minimum Gasteiger partial charge on any atom is -0.394 e. The maximum Gasteiger partial charge on any atom is 0.351 e. The van der Waals surface area contributed by atoms with Crippen molar-refractivity contribution in [3.8, 4) is 0 Å². The molecule has 1 saturated heterocycles. The van der Waals surface area contributed by atoms with Crippen molar-refractivity contribution in [3.05, 3.63) is 16.7 Å². The number of hydrogen-bond donors (Lipinski definition) is 4. The Labute approximate surface area is 109 Å². The second-order valence-electron chi connectivity index (χ2n) is 4.37. The molecule has 106 valence electrons. The van der Waals surface area contributed by atoms with Crippen molar-refractivity contribution in [2.75, 3.05) is 24.2 Å². The van der Waals surface area contributed by atoms with Gasteiger partial charge in [-0.15, -0.1) is 0 Å². The number of ether oxygens (including phenoxy) is 1. The van der Waals surface area contributed by atoms with E-state index in [4.69, 9.17) is 15.6 Å². The van der Waals surface area contributed by atoms with Crippen LogP contribution < -0.4 is 16.7 Å². The molecule has 3 atom stereocenters. The average molecular weight is 270 g/mol. The number of aliphatic hydroxyl groups excluding tert-OH is 2. The van der Waals surface area contributed by atoms with Crippen LogP contribution in [0.1, 0.15) is 19.6 Å². The molecule has 0 spiro atoms. The van der Waals surface area contributed by atoms with Crippen molar-refractivity contribution in [2.24, 2.45) is 0 Å². The number of anilines is 2. The SMILES string of the molecule is CCNc1cn([C@H]2C[C@@H](O)[C@H](CO)O2)c(=O)nc1N. The minimum atomic E-state index is -0.804. The molecule has 8 heteroatoms. The Balaban J connectivity index is 2.30. The van der Waals surface area contributed by atoms with Gasteiger partial charge in [0.15, 0.2) is 5.82 Å². The number of aliphatic hydroxyl groups is 2. The van der Waals surface area contributed by atoms with Crippen LogP contribution in [0.4, 0.5) is 11.5 Å². The number of hydrogen-bond acceptors (Lipinski definition) is 7. The summed E-state index contributed by atoms with van der Waals surface area (Å²) in [5.74, 6) is 0.125.